The van der Waals surface area contributed by atoms with E-state index in [0.717, 1.165) is 30.4 Å². The van der Waals surface area contributed by atoms with Gasteiger partial charge in [-0.2, -0.15) is 4.89 Å². The van der Waals surface area contributed by atoms with Crippen LogP contribution in [-0.2, 0) is 9.78 Å². The van der Waals surface area contributed by atoms with E-state index in [1.807, 2.05) is 32.0 Å². The molecule has 0 N–H and O–H groups in total. The predicted octanol–water partition coefficient (Wildman–Crippen LogP) is 5.35. The highest BCUT2D eigenvalue weighted by molar-refractivity contribution is 5.89. The van der Waals surface area contributed by atoms with Gasteiger partial charge in [0.25, 0.3) is 0 Å². The first-order valence-electron chi connectivity index (χ1n) is 8.35. The zero-order valence-corrected chi connectivity index (χ0v) is 14.0. The van der Waals surface area contributed by atoms with Gasteiger partial charge in [0.2, 0.25) is 0 Å². The Morgan fingerprint density at radius 2 is 1.45 bits per heavy atom. The number of benzene rings is 1. The monoisotopic (exact) mass is 305 g/mol. The lowest BCUT2D eigenvalue weighted by Gasteiger charge is -2.06. The zero-order chi connectivity index (χ0) is 16.2. The maximum Gasteiger partial charge on any atom is 0.373 e. The molecule has 0 bridgehead atoms. The maximum atomic E-state index is 11.8. The summed E-state index contributed by atoms with van der Waals surface area (Å²) in [5.41, 5.74) is 2.64. The minimum atomic E-state index is -0.417. The van der Waals surface area contributed by atoms with Gasteiger partial charge in [-0.3, -0.25) is 4.89 Å². The average molecular weight is 305 g/mol. The molecular weight excluding hydrogens is 276 g/mol. The second-order valence-electron chi connectivity index (χ2n) is 5.90. The molecule has 0 aliphatic rings. The summed E-state index contributed by atoms with van der Waals surface area (Å²) in [6.07, 6.45) is 9.37. The number of carbonyl (C=O) groups is 1. The van der Waals surface area contributed by atoms with Crippen LogP contribution in [0.1, 0.15) is 72.9 Å². The van der Waals surface area contributed by atoms with Crippen molar-refractivity contribution in [2.24, 2.45) is 0 Å². The summed E-state index contributed by atoms with van der Waals surface area (Å²) in [6, 6.07) is 5.64. The van der Waals surface area contributed by atoms with Crippen molar-refractivity contribution >= 4 is 5.97 Å². The first kappa shape index (κ1) is 18.7. The first-order chi connectivity index (χ1) is 10.6. The van der Waals surface area contributed by atoms with E-state index in [1.165, 1.54) is 32.1 Å². The lowest BCUT2D eigenvalue weighted by atomic mass is 10.1. The fourth-order valence-electron chi connectivity index (χ4n) is 2.46. The lowest BCUT2D eigenvalue weighted by molar-refractivity contribution is -0.241. The average Bonchev–Trinajstić information content (AvgIpc) is 2.48. The highest BCUT2D eigenvalue weighted by Crippen LogP contribution is 2.11. The van der Waals surface area contributed by atoms with Crippen molar-refractivity contribution in [2.45, 2.75) is 65.2 Å². The molecule has 3 heteroatoms. The minimum absolute atomic E-state index is 0.417. The Kier molecular flexibility index (Phi) is 9.56. The van der Waals surface area contributed by atoms with Crippen LogP contribution in [0.15, 0.2) is 18.2 Å². The van der Waals surface area contributed by atoms with E-state index in [-0.39, 0.29) is 0 Å². The van der Waals surface area contributed by atoms with Crippen LogP contribution in [0.5, 0.6) is 0 Å². The second kappa shape index (κ2) is 11.2. The molecule has 0 spiro atoms. The molecule has 1 aromatic rings. The molecule has 1 rings (SSSR count). The summed E-state index contributed by atoms with van der Waals surface area (Å²) >= 11 is 0. The van der Waals surface area contributed by atoms with Crippen LogP contribution >= 0.6 is 0 Å². The summed E-state index contributed by atoms with van der Waals surface area (Å²) < 4.78 is 0. The van der Waals surface area contributed by atoms with Gasteiger partial charge in [-0.1, -0.05) is 69.1 Å². The highest BCUT2D eigenvalue weighted by Gasteiger charge is 2.09. The minimum Gasteiger partial charge on any atom is -0.293 e. The standard InChI is InChI=1S/C19H29O3/c1-4-5-6-7-8-9-10-11-12-21-22-19(20)18-14-16(2)13-17(3)15-18/h13-15H,1,4-12H2,2-3H3. The van der Waals surface area contributed by atoms with Crippen LogP contribution in [-0.4, -0.2) is 12.6 Å². The number of aryl methyl sites for hydroxylation is 2. The van der Waals surface area contributed by atoms with Gasteiger partial charge >= 0.3 is 5.97 Å². The zero-order valence-electron chi connectivity index (χ0n) is 14.0. The van der Waals surface area contributed by atoms with E-state index in [9.17, 15) is 4.79 Å². The van der Waals surface area contributed by atoms with Crippen LogP contribution in [0, 0.1) is 20.8 Å². The molecule has 1 radical (unpaired) electrons. The summed E-state index contributed by atoms with van der Waals surface area (Å²) in [5, 5.41) is 0. The van der Waals surface area contributed by atoms with E-state index in [2.05, 4.69) is 6.92 Å². The fourth-order valence-corrected chi connectivity index (χ4v) is 2.46. The molecule has 123 valence electrons. The summed E-state index contributed by atoms with van der Waals surface area (Å²) in [4.78, 5) is 21.7. The smallest absolute Gasteiger partial charge is 0.293 e. The summed E-state index contributed by atoms with van der Waals surface area (Å²) in [6.45, 7) is 8.23. The van der Waals surface area contributed by atoms with Crippen LogP contribution < -0.4 is 0 Å². The van der Waals surface area contributed by atoms with Crippen LogP contribution in [0.2, 0.25) is 0 Å². The fraction of sp³-hybridized carbons (Fsp3) is 0.579. The third kappa shape index (κ3) is 8.18. The molecule has 1 aromatic carbocycles. The van der Waals surface area contributed by atoms with E-state index in [0.29, 0.717) is 12.2 Å². The van der Waals surface area contributed by atoms with Crippen molar-refractivity contribution in [2.75, 3.05) is 6.61 Å². The van der Waals surface area contributed by atoms with E-state index < -0.39 is 5.97 Å². The lowest BCUT2D eigenvalue weighted by Crippen LogP contribution is -2.07. The third-order valence-electron chi connectivity index (χ3n) is 3.57. The van der Waals surface area contributed by atoms with Crippen LogP contribution in [0.3, 0.4) is 0 Å². The Morgan fingerprint density at radius 3 is 2.05 bits per heavy atom. The molecule has 3 nitrogen and oxygen atoms in total. The second-order valence-corrected chi connectivity index (χ2v) is 5.90. The van der Waals surface area contributed by atoms with Gasteiger partial charge < -0.3 is 0 Å². The molecule has 0 unspecified atom stereocenters. The van der Waals surface area contributed by atoms with E-state index in [1.54, 1.807) is 0 Å². The van der Waals surface area contributed by atoms with Gasteiger partial charge in [0, 0.05) is 0 Å². The van der Waals surface area contributed by atoms with Gasteiger partial charge in [-0.05, 0) is 32.4 Å². The topological polar surface area (TPSA) is 35.5 Å². The van der Waals surface area contributed by atoms with Gasteiger partial charge in [0.15, 0.2) is 0 Å². The Bertz CT molecular complexity index is 420. The molecule has 0 amide bonds. The van der Waals surface area contributed by atoms with Gasteiger partial charge in [0.05, 0.1) is 12.2 Å². The molecule has 0 heterocycles. The van der Waals surface area contributed by atoms with Crippen molar-refractivity contribution in [3.63, 3.8) is 0 Å². The summed E-state index contributed by atoms with van der Waals surface area (Å²) in [7, 11) is 0. The maximum absolute atomic E-state index is 11.8. The van der Waals surface area contributed by atoms with Gasteiger partial charge in [-0.25, -0.2) is 4.79 Å². The highest BCUT2D eigenvalue weighted by atomic mass is 17.2. The molecule has 0 saturated heterocycles. The first-order valence-corrected chi connectivity index (χ1v) is 8.35. The molecular formula is C19H29O3. The number of carbonyl (C=O) groups excluding carboxylic acids is 1. The quantitative estimate of drug-likeness (QED) is 0.314. The van der Waals surface area contributed by atoms with E-state index in [4.69, 9.17) is 9.78 Å². The Morgan fingerprint density at radius 1 is 0.909 bits per heavy atom. The van der Waals surface area contributed by atoms with Crippen molar-refractivity contribution in [3.05, 3.63) is 41.8 Å². The SMILES string of the molecule is [CH2]CCCCCCCCCOOC(=O)c1cc(C)cc(C)c1. The van der Waals surface area contributed by atoms with Crippen LogP contribution in [0.25, 0.3) is 0 Å². The molecule has 0 atom stereocenters. The van der Waals surface area contributed by atoms with Crippen molar-refractivity contribution < 1.29 is 14.6 Å². The largest absolute Gasteiger partial charge is 0.373 e. The number of hydrogen-bond donors (Lipinski definition) is 0. The molecule has 0 aliphatic heterocycles. The third-order valence-corrected chi connectivity index (χ3v) is 3.57. The molecule has 22 heavy (non-hydrogen) atoms. The van der Waals surface area contributed by atoms with Crippen molar-refractivity contribution in [3.8, 4) is 0 Å². The molecule has 0 aromatic heterocycles. The molecule has 0 fully saturated rings. The van der Waals surface area contributed by atoms with Crippen LogP contribution in [0.4, 0.5) is 0 Å². The number of hydrogen-bond acceptors (Lipinski definition) is 3. The Labute approximate surface area is 134 Å². The number of rotatable bonds is 11. The summed E-state index contributed by atoms with van der Waals surface area (Å²) in [5.74, 6) is -0.417. The Balaban J connectivity index is 2.06. The van der Waals surface area contributed by atoms with Gasteiger partial charge in [-0.15, -0.1) is 0 Å². The molecule has 0 aliphatic carbocycles. The van der Waals surface area contributed by atoms with Crippen molar-refractivity contribution in [1.29, 1.82) is 0 Å². The number of unbranched alkanes of at least 4 members (excludes halogenated alkanes) is 7. The predicted molar refractivity (Wildman–Crippen MR) is 89.6 cm³/mol. The Hall–Kier alpha value is -1.35. The molecule has 0 saturated carbocycles. The van der Waals surface area contributed by atoms with Gasteiger partial charge in [0.1, 0.15) is 0 Å². The normalized spacial score (nSPS) is 10.7. The van der Waals surface area contributed by atoms with Crippen molar-refractivity contribution in [1.82, 2.24) is 0 Å². The van der Waals surface area contributed by atoms with E-state index >= 15 is 0 Å².